The third kappa shape index (κ3) is 2.61. The largest absolute Gasteiger partial charge is 0.308 e. The summed E-state index contributed by atoms with van der Waals surface area (Å²) in [5.74, 6) is 0.875. The van der Waals surface area contributed by atoms with Crippen molar-refractivity contribution in [1.82, 2.24) is 10.2 Å². The van der Waals surface area contributed by atoms with Gasteiger partial charge < -0.3 is 5.32 Å². The Kier molecular flexibility index (Phi) is 4.40. The zero-order valence-electron chi connectivity index (χ0n) is 12.0. The highest BCUT2D eigenvalue weighted by atomic mass is 35.5. The van der Waals surface area contributed by atoms with Crippen LogP contribution in [-0.2, 0) is 0 Å². The maximum absolute atomic E-state index is 5.73. The van der Waals surface area contributed by atoms with Crippen LogP contribution in [0.15, 0.2) is 11.6 Å². The summed E-state index contributed by atoms with van der Waals surface area (Å²) in [7, 11) is 0. The third-order valence-corrected chi connectivity index (χ3v) is 5.44. The minimum Gasteiger partial charge on any atom is -0.308 e. The minimum absolute atomic E-state index is 0.300. The quantitative estimate of drug-likeness (QED) is 0.824. The molecule has 1 N–H and O–H groups in total. The van der Waals surface area contributed by atoms with Crippen molar-refractivity contribution < 1.29 is 0 Å². The van der Waals surface area contributed by atoms with Crippen LogP contribution in [0.2, 0.25) is 0 Å². The Hall–Kier alpha value is -0.0500. The Balaban J connectivity index is 2.14. The molecular weight excluding hydrogens is 244 g/mol. The molecule has 2 fully saturated rings. The van der Waals surface area contributed by atoms with Gasteiger partial charge in [-0.25, -0.2) is 0 Å². The molecule has 1 aliphatic heterocycles. The van der Waals surface area contributed by atoms with Gasteiger partial charge in [0.2, 0.25) is 0 Å². The molecule has 1 saturated heterocycles. The third-order valence-electron chi connectivity index (χ3n) is 5.26. The van der Waals surface area contributed by atoms with Gasteiger partial charge in [0.25, 0.3) is 0 Å². The fraction of sp³-hybridized carbons (Fsp3) is 0.867. The average molecular weight is 271 g/mol. The predicted octanol–water partition coefficient (Wildman–Crippen LogP) is 3.37. The van der Waals surface area contributed by atoms with Gasteiger partial charge in [-0.05, 0) is 38.5 Å². The first-order valence-electron chi connectivity index (χ1n) is 7.35. The lowest BCUT2D eigenvalue weighted by Crippen LogP contribution is -2.69. The van der Waals surface area contributed by atoms with E-state index in [9.17, 15) is 0 Å². The summed E-state index contributed by atoms with van der Waals surface area (Å²) in [6.45, 7) is 10.3. The molecule has 0 aromatic heterocycles. The number of rotatable bonds is 5. The average Bonchev–Trinajstić information content (AvgIpc) is 3.23. The fourth-order valence-corrected chi connectivity index (χ4v) is 3.43. The van der Waals surface area contributed by atoms with Crippen molar-refractivity contribution in [3.05, 3.63) is 11.6 Å². The lowest BCUT2D eigenvalue weighted by Gasteiger charge is -2.53. The van der Waals surface area contributed by atoms with E-state index in [0.29, 0.717) is 11.1 Å². The molecule has 1 unspecified atom stereocenters. The van der Waals surface area contributed by atoms with E-state index in [1.807, 2.05) is 0 Å². The van der Waals surface area contributed by atoms with Crippen LogP contribution >= 0.6 is 11.6 Å². The Morgan fingerprint density at radius 2 is 2.00 bits per heavy atom. The summed E-state index contributed by atoms with van der Waals surface area (Å²) >= 11 is 5.73. The van der Waals surface area contributed by atoms with E-state index in [1.54, 1.807) is 5.54 Å². The summed E-state index contributed by atoms with van der Waals surface area (Å²) in [5, 5.41) is 3.85. The standard InChI is InChI=1S/C15H27ClN2/c1-4-15(5-2)12-18(10-6-9-16)14(3,11-17-15)13-7-8-13/h6,9,13,17H,4-5,7-8,10-12H2,1-3H3/b9-6+. The zero-order chi connectivity index (χ0) is 13.2. The molecule has 0 aromatic carbocycles. The summed E-state index contributed by atoms with van der Waals surface area (Å²) in [6.07, 6.45) is 7.27. The molecular formula is C15H27ClN2. The smallest absolute Gasteiger partial charge is 0.0338 e. The van der Waals surface area contributed by atoms with Gasteiger partial charge in [-0.3, -0.25) is 4.90 Å². The van der Waals surface area contributed by atoms with Crippen LogP contribution in [0.25, 0.3) is 0 Å². The van der Waals surface area contributed by atoms with Gasteiger partial charge in [0.05, 0.1) is 0 Å². The SMILES string of the molecule is CCC1(CC)CN(C/C=C/Cl)C(C)(C2CC2)CN1. The van der Waals surface area contributed by atoms with Crippen LogP contribution in [0.3, 0.4) is 0 Å². The van der Waals surface area contributed by atoms with E-state index >= 15 is 0 Å². The van der Waals surface area contributed by atoms with Gasteiger partial charge in [-0.2, -0.15) is 0 Å². The summed E-state index contributed by atoms with van der Waals surface area (Å²) in [6, 6.07) is 0. The Morgan fingerprint density at radius 3 is 2.50 bits per heavy atom. The highest BCUT2D eigenvalue weighted by Gasteiger charge is 2.50. The maximum atomic E-state index is 5.73. The molecule has 18 heavy (non-hydrogen) atoms. The Bertz CT molecular complexity index is 308. The normalized spacial score (nSPS) is 33.1. The first kappa shape index (κ1) is 14.4. The number of hydrogen-bond donors (Lipinski definition) is 1. The van der Waals surface area contributed by atoms with Crippen molar-refractivity contribution in [1.29, 1.82) is 0 Å². The molecule has 1 atom stereocenters. The van der Waals surface area contributed by atoms with E-state index < -0.39 is 0 Å². The molecule has 0 radical (unpaired) electrons. The first-order chi connectivity index (χ1) is 8.60. The van der Waals surface area contributed by atoms with Crippen LogP contribution in [0, 0.1) is 5.92 Å². The second-order valence-electron chi connectivity index (χ2n) is 6.21. The van der Waals surface area contributed by atoms with Gasteiger partial charge in [-0.1, -0.05) is 31.5 Å². The van der Waals surface area contributed by atoms with Gasteiger partial charge >= 0.3 is 0 Å². The number of nitrogens with zero attached hydrogens (tertiary/aromatic N) is 1. The van der Waals surface area contributed by atoms with Crippen LogP contribution in [0.1, 0.15) is 46.5 Å². The molecule has 0 bridgehead atoms. The molecule has 1 aliphatic carbocycles. The molecule has 0 amide bonds. The number of nitrogens with one attached hydrogen (secondary N) is 1. The van der Waals surface area contributed by atoms with Crippen molar-refractivity contribution in [2.24, 2.45) is 5.92 Å². The maximum Gasteiger partial charge on any atom is 0.0338 e. The monoisotopic (exact) mass is 270 g/mol. The van der Waals surface area contributed by atoms with Gasteiger partial charge in [-0.15, -0.1) is 0 Å². The Labute approximate surface area is 117 Å². The molecule has 2 aliphatic rings. The zero-order valence-corrected chi connectivity index (χ0v) is 12.8. The van der Waals surface area contributed by atoms with E-state index in [-0.39, 0.29) is 0 Å². The van der Waals surface area contributed by atoms with Gasteiger partial charge in [0.1, 0.15) is 0 Å². The van der Waals surface area contributed by atoms with Crippen LogP contribution < -0.4 is 5.32 Å². The molecule has 0 spiro atoms. The summed E-state index contributed by atoms with van der Waals surface area (Å²) in [5.41, 5.74) is 2.29. The van der Waals surface area contributed by atoms with Crippen molar-refractivity contribution >= 4 is 11.6 Å². The second-order valence-corrected chi connectivity index (χ2v) is 6.47. The summed E-state index contributed by atoms with van der Waals surface area (Å²) < 4.78 is 0. The van der Waals surface area contributed by atoms with Gasteiger partial charge in [0, 0.05) is 36.2 Å². The number of piperazine rings is 1. The number of hydrogen-bond acceptors (Lipinski definition) is 2. The molecule has 3 heteroatoms. The van der Waals surface area contributed by atoms with Crippen molar-refractivity contribution in [3.63, 3.8) is 0 Å². The van der Waals surface area contributed by atoms with E-state index in [4.69, 9.17) is 11.6 Å². The number of halogens is 1. The fourth-order valence-electron chi connectivity index (χ4n) is 3.35. The lowest BCUT2D eigenvalue weighted by molar-refractivity contribution is 0.00677. The van der Waals surface area contributed by atoms with Crippen molar-refractivity contribution in [3.8, 4) is 0 Å². The highest BCUT2D eigenvalue weighted by Crippen LogP contribution is 2.45. The van der Waals surface area contributed by atoms with E-state index in [2.05, 4.69) is 37.1 Å². The Morgan fingerprint density at radius 1 is 1.33 bits per heavy atom. The van der Waals surface area contributed by atoms with Crippen molar-refractivity contribution in [2.75, 3.05) is 19.6 Å². The van der Waals surface area contributed by atoms with Gasteiger partial charge in [0.15, 0.2) is 0 Å². The van der Waals surface area contributed by atoms with Crippen LogP contribution in [0.4, 0.5) is 0 Å². The van der Waals surface area contributed by atoms with Crippen molar-refractivity contribution in [2.45, 2.75) is 57.5 Å². The first-order valence-corrected chi connectivity index (χ1v) is 7.79. The topological polar surface area (TPSA) is 15.3 Å². The molecule has 2 rings (SSSR count). The summed E-state index contributed by atoms with van der Waals surface area (Å²) in [4.78, 5) is 2.66. The molecule has 1 saturated carbocycles. The molecule has 0 aromatic rings. The minimum atomic E-state index is 0.300. The molecule has 1 heterocycles. The predicted molar refractivity (Wildman–Crippen MR) is 79.0 cm³/mol. The van der Waals surface area contributed by atoms with E-state index in [1.165, 1.54) is 25.7 Å². The molecule has 2 nitrogen and oxygen atoms in total. The van der Waals surface area contributed by atoms with Crippen LogP contribution in [-0.4, -0.2) is 35.6 Å². The highest BCUT2D eigenvalue weighted by molar-refractivity contribution is 6.25. The molecule has 104 valence electrons. The lowest BCUT2D eigenvalue weighted by atomic mass is 9.82. The van der Waals surface area contributed by atoms with E-state index in [0.717, 1.165) is 25.6 Å². The van der Waals surface area contributed by atoms with Crippen LogP contribution in [0.5, 0.6) is 0 Å². The second kappa shape index (κ2) is 5.52.